The number of nitrogens with zero attached hydrogens (tertiary/aromatic N) is 3. The van der Waals surface area contributed by atoms with Gasteiger partial charge in [0.2, 0.25) is 0 Å². The van der Waals surface area contributed by atoms with Crippen LogP contribution in [0.4, 0.5) is 23.2 Å². The van der Waals surface area contributed by atoms with Crippen LogP contribution in [0, 0.1) is 28.5 Å². The molecule has 0 aliphatic rings. The van der Waals surface area contributed by atoms with E-state index in [9.17, 15) is 32.7 Å². The van der Waals surface area contributed by atoms with Gasteiger partial charge >= 0.3 is 6.18 Å². The van der Waals surface area contributed by atoms with Crippen LogP contribution in [0.15, 0.2) is 42.6 Å². The summed E-state index contributed by atoms with van der Waals surface area (Å²) in [6.07, 6.45) is -3.46. The van der Waals surface area contributed by atoms with E-state index in [1.54, 1.807) is 0 Å². The van der Waals surface area contributed by atoms with E-state index in [2.05, 4.69) is 5.32 Å². The molecule has 2 aromatic carbocycles. The third-order valence-corrected chi connectivity index (χ3v) is 4.63. The lowest BCUT2D eigenvalue weighted by Gasteiger charge is -2.24. The average molecular weight is 430 g/mol. The van der Waals surface area contributed by atoms with Crippen LogP contribution >= 0.6 is 0 Å². The highest BCUT2D eigenvalue weighted by Gasteiger charge is 2.35. The zero-order chi connectivity index (χ0) is 23.0. The molecular weight excluding hydrogens is 416 g/mol. The number of rotatable bonds is 4. The van der Waals surface area contributed by atoms with Crippen molar-refractivity contribution in [3.8, 4) is 12.1 Å². The van der Waals surface area contributed by atoms with Gasteiger partial charge in [-0.05, 0) is 43.3 Å². The minimum Gasteiger partial charge on any atom is -0.378 e. The Morgan fingerprint density at radius 1 is 1.13 bits per heavy atom. The number of amides is 1. The zero-order valence-corrected chi connectivity index (χ0v) is 16.0. The number of alkyl halides is 3. The van der Waals surface area contributed by atoms with Crippen LogP contribution in [0.3, 0.4) is 0 Å². The molecule has 0 radical (unpaired) electrons. The number of aromatic nitrogens is 1. The molecule has 6 nitrogen and oxygen atoms in total. The van der Waals surface area contributed by atoms with Gasteiger partial charge in [-0.2, -0.15) is 23.7 Å². The van der Waals surface area contributed by atoms with Crippen molar-refractivity contribution >= 4 is 22.5 Å². The van der Waals surface area contributed by atoms with Gasteiger partial charge in [-0.25, -0.2) is 4.39 Å². The first-order valence-electron chi connectivity index (χ1n) is 8.80. The first-order valence-corrected chi connectivity index (χ1v) is 8.80. The number of hydrogen-bond donors (Lipinski definition) is 2. The molecule has 0 saturated heterocycles. The molecule has 0 aliphatic carbocycles. The van der Waals surface area contributed by atoms with Crippen molar-refractivity contribution in [1.29, 1.82) is 10.5 Å². The molecule has 1 aromatic heterocycles. The number of benzene rings is 2. The lowest BCUT2D eigenvalue weighted by atomic mass is 10.0. The lowest BCUT2D eigenvalue weighted by molar-refractivity contribution is -0.138. The van der Waals surface area contributed by atoms with Gasteiger partial charge in [0.25, 0.3) is 5.91 Å². The van der Waals surface area contributed by atoms with Gasteiger partial charge in [-0.1, -0.05) is 0 Å². The molecule has 0 saturated carbocycles. The van der Waals surface area contributed by atoms with Gasteiger partial charge in [-0.3, -0.25) is 4.79 Å². The van der Waals surface area contributed by atoms with Gasteiger partial charge < -0.3 is 15.0 Å². The summed E-state index contributed by atoms with van der Waals surface area (Å²) >= 11 is 0. The molecule has 1 heterocycles. The molecular formula is C21H14F4N4O2. The van der Waals surface area contributed by atoms with Gasteiger partial charge in [0.1, 0.15) is 11.9 Å². The molecule has 0 bridgehead atoms. The zero-order valence-electron chi connectivity index (χ0n) is 16.0. The smallest absolute Gasteiger partial charge is 0.378 e. The summed E-state index contributed by atoms with van der Waals surface area (Å²) in [7, 11) is 0. The van der Waals surface area contributed by atoms with Crippen molar-refractivity contribution in [1.82, 2.24) is 4.57 Å². The number of fused-ring (bicyclic) bond motifs is 1. The van der Waals surface area contributed by atoms with E-state index in [0.717, 1.165) is 31.2 Å². The van der Waals surface area contributed by atoms with Crippen LogP contribution < -0.4 is 5.32 Å². The summed E-state index contributed by atoms with van der Waals surface area (Å²) < 4.78 is 54.2. The van der Waals surface area contributed by atoms with Crippen LogP contribution in [0.1, 0.15) is 23.6 Å². The van der Waals surface area contributed by atoms with Gasteiger partial charge in [0, 0.05) is 22.8 Å². The van der Waals surface area contributed by atoms with Gasteiger partial charge in [-0.15, -0.1) is 0 Å². The molecule has 3 rings (SSSR count). The first-order chi connectivity index (χ1) is 14.5. The van der Waals surface area contributed by atoms with Crippen molar-refractivity contribution in [2.45, 2.75) is 25.2 Å². The molecule has 0 spiro atoms. The predicted octanol–water partition coefficient (Wildman–Crippen LogP) is 3.93. The minimum absolute atomic E-state index is 0.132. The Bertz CT molecular complexity index is 1260. The Morgan fingerprint density at radius 2 is 1.81 bits per heavy atom. The maximum atomic E-state index is 13.5. The van der Waals surface area contributed by atoms with E-state index in [1.807, 2.05) is 6.07 Å². The van der Waals surface area contributed by atoms with Crippen LogP contribution in [-0.4, -0.2) is 21.2 Å². The third-order valence-electron chi connectivity index (χ3n) is 4.63. The lowest BCUT2D eigenvalue weighted by Crippen LogP contribution is -2.43. The highest BCUT2D eigenvalue weighted by Crippen LogP contribution is 2.34. The van der Waals surface area contributed by atoms with Crippen molar-refractivity contribution in [3.05, 3.63) is 65.1 Å². The van der Waals surface area contributed by atoms with E-state index < -0.39 is 34.6 Å². The fourth-order valence-electron chi connectivity index (χ4n) is 3.11. The second kappa shape index (κ2) is 7.74. The summed E-state index contributed by atoms with van der Waals surface area (Å²) in [4.78, 5) is 12.6. The number of carbonyl (C=O) groups excluding carboxylic acids is 1. The molecule has 2 N–H and O–H groups in total. The second-order valence-corrected chi connectivity index (χ2v) is 7.04. The topological polar surface area (TPSA) is 102 Å². The van der Waals surface area contributed by atoms with E-state index in [1.165, 1.54) is 22.9 Å². The number of nitrogens with one attached hydrogen (secondary N) is 1. The summed E-state index contributed by atoms with van der Waals surface area (Å²) in [6, 6.07) is 9.66. The van der Waals surface area contributed by atoms with Crippen LogP contribution in [0.25, 0.3) is 10.9 Å². The number of anilines is 1. The SMILES string of the molecule is C[C@](O)(Cn1cc(C#N)c2cc(F)ccc21)C(=O)Nc1ccc(C#N)c(C(F)(F)F)c1. The van der Waals surface area contributed by atoms with Crippen molar-refractivity contribution < 1.29 is 27.5 Å². The number of aliphatic hydroxyl groups is 1. The Balaban J connectivity index is 1.89. The number of nitriles is 2. The summed E-state index contributed by atoms with van der Waals surface area (Å²) in [6.45, 7) is 0.795. The predicted molar refractivity (Wildman–Crippen MR) is 102 cm³/mol. The quantitative estimate of drug-likeness (QED) is 0.613. The van der Waals surface area contributed by atoms with E-state index in [0.29, 0.717) is 17.0 Å². The Morgan fingerprint density at radius 3 is 2.42 bits per heavy atom. The van der Waals surface area contributed by atoms with Gasteiger partial charge in [0.05, 0.1) is 29.3 Å². The molecule has 10 heteroatoms. The Labute approximate surface area is 173 Å². The van der Waals surface area contributed by atoms with E-state index in [4.69, 9.17) is 5.26 Å². The highest BCUT2D eigenvalue weighted by atomic mass is 19.4. The first kappa shape index (κ1) is 21.8. The van der Waals surface area contributed by atoms with Crippen LogP contribution in [-0.2, 0) is 17.5 Å². The highest BCUT2D eigenvalue weighted by molar-refractivity contribution is 5.97. The molecule has 1 atom stereocenters. The molecule has 0 fully saturated rings. The fraction of sp³-hybridized carbons (Fsp3) is 0.190. The standard InChI is InChI=1S/C21H14F4N4O2/c1-20(31,11-29-10-13(9-27)16-6-14(22)3-5-18(16)29)19(30)28-15-4-2-12(8-26)17(7-15)21(23,24)25/h2-7,10,31H,11H2,1H3,(H,28,30)/t20-/m0/s1. The Hall–Kier alpha value is -3.89. The molecule has 0 aliphatic heterocycles. The molecule has 0 unspecified atom stereocenters. The molecule has 1 amide bonds. The Kier molecular flexibility index (Phi) is 5.45. The van der Waals surface area contributed by atoms with Crippen LogP contribution in [0.5, 0.6) is 0 Å². The normalized spacial score (nSPS) is 13.3. The second-order valence-electron chi connectivity index (χ2n) is 7.04. The maximum absolute atomic E-state index is 13.5. The van der Waals surface area contributed by atoms with Gasteiger partial charge in [0.15, 0.2) is 5.60 Å². The van der Waals surface area contributed by atoms with Crippen LogP contribution in [0.2, 0.25) is 0 Å². The van der Waals surface area contributed by atoms with Crippen molar-refractivity contribution in [2.75, 3.05) is 5.32 Å². The minimum atomic E-state index is -4.80. The maximum Gasteiger partial charge on any atom is 0.417 e. The molecule has 31 heavy (non-hydrogen) atoms. The summed E-state index contributed by atoms with van der Waals surface area (Å²) in [5, 5.41) is 31.2. The summed E-state index contributed by atoms with van der Waals surface area (Å²) in [5.74, 6) is -1.57. The number of halogens is 4. The molecule has 3 aromatic rings. The number of carbonyl (C=O) groups is 1. The monoisotopic (exact) mass is 430 g/mol. The average Bonchev–Trinajstić information content (AvgIpc) is 3.03. The number of hydrogen-bond acceptors (Lipinski definition) is 4. The van der Waals surface area contributed by atoms with E-state index >= 15 is 0 Å². The third kappa shape index (κ3) is 4.34. The van der Waals surface area contributed by atoms with Crippen molar-refractivity contribution in [2.24, 2.45) is 0 Å². The fourth-order valence-corrected chi connectivity index (χ4v) is 3.11. The summed E-state index contributed by atoms with van der Waals surface area (Å²) in [5.41, 5.74) is -3.65. The molecule has 158 valence electrons. The van der Waals surface area contributed by atoms with Crippen molar-refractivity contribution in [3.63, 3.8) is 0 Å². The van der Waals surface area contributed by atoms with E-state index in [-0.39, 0.29) is 17.8 Å². The largest absolute Gasteiger partial charge is 0.417 e.